The molecule has 1 aromatic rings. The lowest BCUT2D eigenvalue weighted by Crippen LogP contribution is -2.39. The highest BCUT2D eigenvalue weighted by atomic mass is 127. The van der Waals surface area contributed by atoms with Crippen LogP contribution >= 0.6 is 24.0 Å². The van der Waals surface area contributed by atoms with Crippen LogP contribution in [0.25, 0.3) is 0 Å². The van der Waals surface area contributed by atoms with Gasteiger partial charge in [0.1, 0.15) is 5.76 Å². The zero-order chi connectivity index (χ0) is 14.4. The van der Waals surface area contributed by atoms with Crippen molar-refractivity contribution in [3.05, 3.63) is 17.0 Å². The zero-order valence-corrected chi connectivity index (χ0v) is 15.6. The Hall–Kier alpha value is -0.790. The monoisotopic (exact) mass is 406 g/mol. The van der Waals surface area contributed by atoms with Crippen LogP contribution in [0.2, 0.25) is 0 Å². The number of nitrogens with one attached hydrogen (secondary N) is 2. The largest absolute Gasteiger partial charge is 0.361 e. The fraction of sp³-hybridized carbons (Fsp3) is 0.733. The molecule has 1 saturated carbocycles. The minimum Gasteiger partial charge on any atom is -0.361 e. The summed E-state index contributed by atoms with van der Waals surface area (Å²) in [6.07, 6.45) is 6.83. The van der Waals surface area contributed by atoms with Gasteiger partial charge < -0.3 is 15.2 Å². The van der Waals surface area contributed by atoms with Gasteiger partial charge >= 0.3 is 0 Å². The van der Waals surface area contributed by atoms with Crippen LogP contribution in [0.4, 0.5) is 0 Å². The first-order chi connectivity index (χ1) is 9.70. The summed E-state index contributed by atoms with van der Waals surface area (Å²) < 4.78 is 5.17. The Labute approximate surface area is 144 Å². The van der Waals surface area contributed by atoms with Crippen molar-refractivity contribution < 1.29 is 4.52 Å². The summed E-state index contributed by atoms with van der Waals surface area (Å²) in [4.78, 5) is 4.27. The summed E-state index contributed by atoms with van der Waals surface area (Å²) in [5.41, 5.74) is 2.06. The van der Waals surface area contributed by atoms with Crippen molar-refractivity contribution in [2.45, 2.75) is 52.5 Å². The molecule has 6 heteroatoms. The summed E-state index contributed by atoms with van der Waals surface area (Å²) in [7, 11) is 1.81. The van der Waals surface area contributed by atoms with Crippen LogP contribution in [-0.2, 0) is 6.54 Å². The van der Waals surface area contributed by atoms with E-state index >= 15 is 0 Å². The van der Waals surface area contributed by atoms with Crippen LogP contribution in [0.5, 0.6) is 0 Å². The standard InChI is InChI=1S/C15H26N4O.HI/c1-11-14(12(2)20-19-11)10-18-15(16-3)17-9-13-7-5-4-6-8-13;/h13H,4-10H2,1-3H3,(H2,16,17,18);1H. The SMILES string of the molecule is CN=C(NCc1c(C)noc1C)NCC1CCCCC1.I. The summed E-state index contributed by atoms with van der Waals surface area (Å²) in [5, 5.41) is 10.7. The molecule has 0 aliphatic heterocycles. The van der Waals surface area contributed by atoms with Crippen LogP contribution in [0.15, 0.2) is 9.52 Å². The second-order valence-corrected chi connectivity index (χ2v) is 5.61. The molecular weight excluding hydrogens is 379 g/mol. The van der Waals surface area contributed by atoms with Gasteiger partial charge in [0.15, 0.2) is 5.96 Å². The van der Waals surface area contributed by atoms with Crippen molar-refractivity contribution in [3.8, 4) is 0 Å². The maximum absolute atomic E-state index is 5.17. The van der Waals surface area contributed by atoms with E-state index < -0.39 is 0 Å². The molecule has 1 aromatic heterocycles. The van der Waals surface area contributed by atoms with Gasteiger partial charge in [0, 0.05) is 25.7 Å². The Morgan fingerprint density at radius 3 is 2.52 bits per heavy atom. The number of hydrogen-bond donors (Lipinski definition) is 2. The van der Waals surface area contributed by atoms with Gasteiger partial charge in [-0.2, -0.15) is 0 Å². The van der Waals surface area contributed by atoms with Crippen molar-refractivity contribution >= 4 is 29.9 Å². The molecule has 1 fully saturated rings. The second-order valence-electron chi connectivity index (χ2n) is 5.61. The van der Waals surface area contributed by atoms with Crippen LogP contribution < -0.4 is 10.6 Å². The molecule has 0 radical (unpaired) electrons. The number of aliphatic imine (C=N–C) groups is 1. The molecule has 0 aromatic carbocycles. The number of halogens is 1. The molecule has 0 spiro atoms. The van der Waals surface area contributed by atoms with Crippen molar-refractivity contribution in [2.24, 2.45) is 10.9 Å². The highest BCUT2D eigenvalue weighted by Gasteiger charge is 2.14. The number of aryl methyl sites for hydroxylation is 2. The third kappa shape index (κ3) is 5.48. The predicted molar refractivity (Wildman–Crippen MR) is 96.2 cm³/mol. The molecule has 0 unspecified atom stereocenters. The lowest BCUT2D eigenvalue weighted by Gasteiger charge is -2.22. The number of nitrogens with zero attached hydrogens (tertiary/aromatic N) is 2. The molecule has 0 saturated heterocycles. The highest BCUT2D eigenvalue weighted by Crippen LogP contribution is 2.22. The first kappa shape index (κ1) is 18.3. The van der Waals surface area contributed by atoms with E-state index in [-0.39, 0.29) is 24.0 Å². The van der Waals surface area contributed by atoms with E-state index in [1.54, 1.807) is 0 Å². The molecule has 5 nitrogen and oxygen atoms in total. The van der Waals surface area contributed by atoms with Gasteiger partial charge in [-0.3, -0.25) is 4.99 Å². The van der Waals surface area contributed by atoms with Gasteiger partial charge in [-0.15, -0.1) is 24.0 Å². The Kier molecular flexibility index (Phi) is 8.06. The van der Waals surface area contributed by atoms with Gasteiger partial charge in [-0.25, -0.2) is 0 Å². The van der Waals surface area contributed by atoms with E-state index in [9.17, 15) is 0 Å². The quantitative estimate of drug-likeness (QED) is 0.458. The van der Waals surface area contributed by atoms with Crippen molar-refractivity contribution in [2.75, 3.05) is 13.6 Å². The topological polar surface area (TPSA) is 62.5 Å². The Morgan fingerprint density at radius 2 is 1.95 bits per heavy atom. The normalized spacial score (nSPS) is 16.4. The summed E-state index contributed by atoms with van der Waals surface area (Å²) in [6.45, 7) is 5.62. The maximum atomic E-state index is 5.17. The Morgan fingerprint density at radius 1 is 1.24 bits per heavy atom. The lowest BCUT2D eigenvalue weighted by atomic mass is 9.89. The summed E-state index contributed by atoms with van der Waals surface area (Å²) in [6, 6.07) is 0. The molecule has 1 heterocycles. The molecule has 21 heavy (non-hydrogen) atoms. The average molecular weight is 406 g/mol. The molecule has 2 N–H and O–H groups in total. The lowest BCUT2D eigenvalue weighted by molar-refractivity contribution is 0.355. The van der Waals surface area contributed by atoms with Crippen LogP contribution in [-0.4, -0.2) is 24.7 Å². The van der Waals surface area contributed by atoms with Crippen molar-refractivity contribution in [1.29, 1.82) is 0 Å². The third-order valence-corrected chi connectivity index (χ3v) is 4.12. The number of hydrogen-bond acceptors (Lipinski definition) is 3. The minimum atomic E-state index is 0. The molecule has 1 aliphatic rings. The summed E-state index contributed by atoms with van der Waals surface area (Å²) >= 11 is 0. The van der Waals surface area contributed by atoms with E-state index in [4.69, 9.17) is 4.52 Å². The molecule has 2 rings (SSSR count). The van der Waals surface area contributed by atoms with Gasteiger partial charge in [0.05, 0.1) is 5.69 Å². The number of guanidine groups is 1. The smallest absolute Gasteiger partial charge is 0.191 e. The van der Waals surface area contributed by atoms with E-state index in [0.29, 0.717) is 6.54 Å². The van der Waals surface area contributed by atoms with E-state index in [2.05, 4.69) is 20.8 Å². The molecule has 0 bridgehead atoms. The first-order valence-electron chi connectivity index (χ1n) is 7.57. The maximum Gasteiger partial charge on any atom is 0.191 e. The van der Waals surface area contributed by atoms with Crippen molar-refractivity contribution in [1.82, 2.24) is 15.8 Å². The van der Waals surface area contributed by atoms with Crippen LogP contribution in [0.3, 0.4) is 0 Å². The number of aromatic nitrogens is 1. The fourth-order valence-corrected chi connectivity index (χ4v) is 2.78. The Bertz CT molecular complexity index is 433. The third-order valence-electron chi connectivity index (χ3n) is 4.12. The summed E-state index contributed by atoms with van der Waals surface area (Å²) in [5.74, 6) is 2.52. The first-order valence-corrected chi connectivity index (χ1v) is 7.57. The molecule has 0 amide bonds. The average Bonchev–Trinajstić information content (AvgIpc) is 2.80. The molecule has 0 atom stereocenters. The van der Waals surface area contributed by atoms with Crippen molar-refractivity contribution in [3.63, 3.8) is 0 Å². The zero-order valence-electron chi connectivity index (χ0n) is 13.2. The molecular formula is C15H27IN4O. The van der Waals surface area contributed by atoms with E-state index in [1.165, 1.54) is 32.1 Å². The second kappa shape index (κ2) is 9.27. The highest BCUT2D eigenvalue weighted by molar-refractivity contribution is 14.0. The fourth-order valence-electron chi connectivity index (χ4n) is 2.78. The van der Waals surface area contributed by atoms with Crippen LogP contribution in [0, 0.1) is 19.8 Å². The van der Waals surface area contributed by atoms with Gasteiger partial charge in [0.2, 0.25) is 0 Å². The number of rotatable bonds is 4. The van der Waals surface area contributed by atoms with E-state index in [1.807, 2.05) is 20.9 Å². The molecule has 120 valence electrons. The predicted octanol–water partition coefficient (Wildman–Crippen LogP) is 3.15. The van der Waals surface area contributed by atoms with Gasteiger partial charge in [-0.05, 0) is 32.6 Å². The van der Waals surface area contributed by atoms with Gasteiger partial charge in [0.25, 0.3) is 0 Å². The van der Waals surface area contributed by atoms with E-state index in [0.717, 1.165) is 35.4 Å². The van der Waals surface area contributed by atoms with Crippen LogP contribution in [0.1, 0.15) is 49.1 Å². The Balaban J connectivity index is 0.00000220. The molecule has 1 aliphatic carbocycles. The minimum absolute atomic E-state index is 0. The van der Waals surface area contributed by atoms with Gasteiger partial charge in [-0.1, -0.05) is 24.4 Å².